The Hall–Kier alpha value is -1.92. The second kappa shape index (κ2) is 6.49. The Morgan fingerprint density at radius 3 is 2.65 bits per heavy atom. The maximum absolute atomic E-state index is 12.4. The lowest BCUT2D eigenvalue weighted by Gasteiger charge is -2.29. The molecule has 1 aliphatic heterocycles. The normalized spacial score (nSPS) is 18.6. The van der Waals surface area contributed by atoms with E-state index < -0.39 is 12.0 Å². The van der Waals surface area contributed by atoms with Crippen LogP contribution in [0.1, 0.15) is 5.56 Å². The van der Waals surface area contributed by atoms with E-state index in [1.807, 2.05) is 19.1 Å². The molecule has 2 N–H and O–H groups in total. The first-order valence-corrected chi connectivity index (χ1v) is 6.49. The van der Waals surface area contributed by atoms with Gasteiger partial charge in [-0.3, -0.25) is 14.5 Å². The summed E-state index contributed by atoms with van der Waals surface area (Å²) in [6.45, 7) is 2.99. The lowest BCUT2D eigenvalue weighted by atomic mass is 10.1. The van der Waals surface area contributed by atoms with Gasteiger partial charge in [-0.2, -0.15) is 0 Å². The van der Waals surface area contributed by atoms with E-state index in [0.29, 0.717) is 18.8 Å². The predicted octanol–water partition coefficient (Wildman–Crippen LogP) is 0.401. The molecule has 1 atom stereocenters. The molecule has 0 aromatic heterocycles. The zero-order valence-electron chi connectivity index (χ0n) is 11.3. The Morgan fingerprint density at radius 2 is 2.10 bits per heavy atom. The molecule has 0 aliphatic carbocycles. The van der Waals surface area contributed by atoms with E-state index in [4.69, 9.17) is 9.84 Å². The van der Waals surface area contributed by atoms with Gasteiger partial charge < -0.3 is 15.2 Å². The molecule has 0 bridgehead atoms. The summed E-state index contributed by atoms with van der Waals surface area (Å²) in [5, 5.41) is 12.0. The summed E-state index contributed by atoms with van der Waals surface area (Å²) in [5.41, 5.74) is 1.63. The number of carboxylic acid groups (broad SMARTS) is 1. The van der Waals surface area contributed by atoms with E-state index >= 15 is 0 Å². The van der Waals surface area contributed by atoms with Crippen molar-refractivity contribution in [1.29, 1.82) is 0 Å². The van der Waals surface area contributed by atoms with Gasteiger partial charge in [-0.25, -0.2) is 0 Å². The van der Waals surface area contributed by atoms with Crippen LogP contribution in [0.5, 0.6) is 0 Å². The van der Waals surface area contributed by atoms with Crippen molar-refractivity contribution < 1.29 is 19.4 Å². The largest absolute Gasteiger partial charge is 0.480 e. The molecule has 1 aromatic carbocycles. The number of hydrogen-bond acceptors (Lipinski definition) is 4. The first-order valence-electron chi connectivity index (χ1n) is 6.49. The van der Waals surface area contributed by atoms with Crippen LogP contribution in [0.15, 0.2) is 24.3 Å². The lowest BCUT2D eigenvalue weighted by molar-refractivity contribution is -0.137. The first kappa shape index (κ1) is 14.5. The van der Waals surface area contributed by atoms with Gasteiger partial charge in [0.2, 0.25) is 5.91 Å². The van der Waals surface area contributed by atoms with Crippen molar-refractivity contribution in [2.75, 3.05) is 31.2 Å². The number of aliphatic carboxylic acids is 1. The van der Waals surface area contributed by atoms with Gasteiger partial charge in [0, 0.05) is 12.2 Å². The van der Waals surface area contributed by atoms with Gasteiger partial charge in [-0.15, -0.1) is 0 Å². The SMILES string of the molecule is Cc1ccc(N(CC(=O)O)C(=O)C2COCCN2)cc1. The summed E-state index contributed by atoms with van der Waals surface area (Å²) in [7, 11) is 0. The number of carboxylic acids is 1. The summed E-state index contributed by atoms with van der Waals surface area (Å²) in [6.07, 6.45) is 0. The summed E-state index contributed by atoms with van der Waals surface area (Å²) in [4.78, 5) is 24.7. The number of nitrogens with zero attached hydrogens (tertiary/aromatic N) is 1. The third-order valence-corrected chi connectivity index (χ3v) is 3.12. The molecule has 0 spiro atoms. The van der Waals surface area contributed by atoms with Crippen LogP contribution in [-0.4, -0.2) is 49.3 Å². The van der Waals surface area contributed by atoms with E-state index in [2.05, 4.69) is 5.32 Å². The van der Waals surface area contributed by atoms with E-state index in [0.717, 1.165) is 5.56 Å². The van der Waals surface area contributed by atoms with Gasteiger partial charge in [0.25, 0.3) is 0 Å². The average molecular weight is 278 g/mol. The molecule has 20 heavy (non-hydrogen) atoms. The van der Waals surface area contributed by atoms with Crippen LogP contribution in [0.3, 0.4) is 0 Å². The van der Waals surface area contributed by atoms with Crippen molar-refractivity contribution in [3.05, 3.63) is 29.8 Å². The molecule has 1 unspecified atom stereocenters. The Balaban J connectivity index is 2.19. The fourth-order valence-corrected chi connectivity index (χ4v) is 2.07. The molecule has 108 valence electrons. The lowest BCUT2D eigenvalue weighted by Crippen LogP contribution is -2.53. The van der Waals surface area contributed by atoms with Crippen molar-refractivity contribution >= 4 is 17.6 Å². The number of anilines is 1. The molecular formula is C14H18N2O4. The monoisotopic (exact) mass is 278 g/mol. The zero-order chi connectivity index (χ0) is 14.5. The number of amides is 1. The minimum atomic E-state index is -1.05. The Bertz CT molecular complexity index is 480. The molecular weight excluding hydrogens is 260 g/mol. The highest BCUT2D eigenvalue weighted by Crippen LogP contribution is 2.16. The molecule has 1 fully saturated rings. The smallest absolute Gasteiger partial charge is 0.323 e. The van der Waals surface area contributed by atoms with Crippen LogP contribution in [0.25, 0.3) is 0 Å². The summed E-state index contributed by atoms with van der Waals surface area (Å²) in [6, 6.07) is 6.70. The van der Waals surface area contributed by atoms with E-state index in [9.17, 15) is 9.59 Å². The molecule has 0 radical (unpaired) electrons. The summed E-state index contributed by atoms with van der Waals surface area (Å²) >= 11 is 0. The van der Waals surface area contributed by atoms with Gasteiger partial charge in [0.1, 0.15) is 12.6 Å². The first-order chi connectivity index (χ1) is 9.58. The number of carbonyl (C=O) groups is 2. The average Bonchev–Trinajstić information content (AvgIpc) is 2.46. The Morgan fingerprint density at radius 1 is 1.40 bits per heavy atom. The third kappa shape index (κ3) is 3.55. The van der Waals surface area contributed by atoms with Crippen molar-refractivity contribution in [3.63, 3.8) is 0 Å². The maximum atomic E-state index is 12.4. The van der Waals surface area contributed by atoms with E-state index in [1.54, 1.807) is 12.1 Å². The number of hydrogen-bond donors (Lipinski definition) is 2. The van der Waals surface area contributed by atoms with Crippen molar-refractivity contribution in [2.45, 2.75) is 13.0 Å². The molecule has 1 aromatic rings. The second-order valence-electron chi connectivity index (χ2n) is 4.74. The van der Waals surface area contributed by atoms with Gasteiger partial charge in [0.15, 0.2) is 0 Å². The second-order valence-corrected chi connectivity index (χ2v) is 4.74. The van der Waals surface area contributed by atoms with Crippen molar-refractivity contribution in [3.8, 4) is 0 Å². The third-order valence-electron chi connectivity index (χ3n) is 3.12. The fraction of sp³-hybridized carbons (Fsp3) is 0.429. The van der Waals surface area contributed by atoms with Gasteiger partial charge in [-0.1, -0.05) is 17.7 Å². The number of carbonyl (C=O) groups excluding carboxylic acids is 1. The fourth-order valence-electron chi connectivity index (χ4n) is 2.07. The highest BCUT2D eigenvalue weighted by atomic mass is 16.5. The molecule has 6 heteroatoms. The summed E-state index contributed by atoms with van der Waals surface area (Å²) in [5.74, 6) is -1.33. The molecule has 6 nitrogen and oxygen atoms in total. The van der Waals surface area contributed by atoms with Gasteiger partial charge in [0.05, 0.1) is 13.2 Å². The molecule has 2 rings (SSSR count). The number of aryl methyl sites for hydroxylation is 1. The van der Waals surface area contributed by atoms with E-state index in [-0.39, 0.29) is 19.1 Å². The number of nitrogens with one attached hydrogen (secondary N) is 1. The number of benzene rings is 1. The Kier molecular flexibility index (Phi) is 4.70. The van der Waals surface area contributed by atoms with Crippen LogP contribution in [-0.2, 0) is 14.3 Å². The zero-order valence-corrected chi connectivity index (χ0v) is 11.3. The molecule has 1 aliphatic rings. The highest BCUT2D eigenvalue weighted by Gasteiger charge is 2.28. The standard InChI is InChI=1S/C14H18N2O4/c1-10-2-4-11(5-3-10)16(8-13(17)18)14(19)12-9-20-7-6-15-12/h2-5,12,15H,6-9H2,1H3,(H,17,18). The van der Waals surface area contributed by atoms with Crippen LogP contribution < -0.4 is 10.2 Å². The number of rotatable bonds is 4. The van der Waals surface area contributed by atoms with Crippen molar-refractivity contribution in [2.24, 2.45) is 0 Å². The Labute approximate surface area is 117 Å². The van der Waals surface area contributed by atoms with Crippen LogP contribution in [0.4, 0.5) is 5.69 Å². The molecule has 1 saturated heterocycles. The summed E-state index contributed by atoms with van der Waals surface area (Å²) < 4.78 is 5.26. The predicted molar refractivity (Wildman–Crippen MR) is 73.8 cm³/mol. The van der Waals surface area contributed by atoms with E-state index in [1.165, 1.54) is 4.90 Å². The topological polar surface area (TPSA) is 78.9 Å². The van der Waals surface area contributed by atoms with Crippen LogP contribution in [0, 0.1) is 6.92 Å². The molecule has 0 saturated carbocycles. The number of morpholine rings is 1. The molecule has 1 heterocycles. The van der Waals surface area contributed by atoms with Crippen LogP contribution >= 0.6 is 0 Å². The minimum Gasteiger partial charge on any atom is -0.480 e. The quantitative estimate of drug-likeness (QED) is 0.833. The maximum Gasteiger partial charge on any atom is 0.323 e. The van der Waals surface area contributed by atoms with Crippen molar-refractivity contribution in [1.82, 2.24) is 5.32 Å². The highest BCUT2D eigenvalue weighted by molar-refractivity contribution is 6.00. The van der Waals surface area contributed by atoms with Gasteiger partial charge in [-0.05, 0) is 19.1 Å². The van der Waals surface area contributed by atoms with Crippen LogP contribution in [0.2, 0.25) is 0 Å². The number of ether oxygens (including phenoxy) is 1. The molecule has 1 amide bonds. The van der Waals surface area contributed by atoms with Gasteiger partial charge >= 0.3 is 5.97 Å². The minimum absolute atomic E-state index is 0.265.